The first kappa shape index (κ1) is 24.3. The van der Waals surface area contributed by atoms with Crippen LogP contribution in [0.3, 0.4) is 0 Å². The molecule has 1 N–H and O–H groups in total. The molecule has 36 heavy (non-hydrogen) atoms. The fourth-order valence-electron chi connectivity index (χ4n) is 5.79. The topological polar surface area (TPSA) is 73.0 Å². The number of piperidine rings is 1. The van der Waals surface area contributed by atoms with Crippen molar-refractivity contribution in [2.45, 2.75) is 57.0 Å². The van der Waals surface area contributed by atoms with E-state index in [9.17, 15) is 14.4 Å². The normalized spacial score (nSPS) is 23.6. The Bertz CT molecular complexity index is 1100. The van der Waals surface area contributed by atoms with Crippen LogP contribution in [0.4, 0.5) is 5.69 Å². The Morgan fingerprint density at radius 1 is 1.03 bits per heavy atom. The Morgan fingerprint density at radius 2 is 1.67 bits per heavy atom. The second-order valence-corrected chi connectivity index (χ2v) is 10.5. The van der Waals surface area contributed by atoms with E-state index in [0.717, 1.165) is 18.5 Å². The maximum Gasteiger partial charge on any atom is 0.250 e. The molecular weight excluding hydrogens is 452 g/mol. The maximum atomic E-state index is 13.8. The molecule has 0 aromatic heterocycles. The van der Waals surface area contributed by atoms with Gasteiger partial charge in [0.2, 0.25) is 11.8 Å². The van der Waals surface area contributed by atoms with Crippen molar-refractivity contribution in [3.63, 3.8) is 0 Å². The van der Waals surface area contributed by atoms with Crippen LogP contribution in [-0.4, -0.2) is 65.4 Å². The number of nitrogens with zero attached hydrogens (tertiary/aromatic N) is 3. The van der Waals surface area contributed by atoms with E-state index in [4.69, 9.17) is 0 Å². The van der Waals surface area contributed by atoms with Crippen molar-refractivity contribution in [1.82, 2.24) is 15.1 Å². The monoisotopic (exact) mass is 488 g/mol. The molecule has 1 aliphatic carbocycles. The zero-order valence-electron chi connectivity index (χ0n) is 21.2. The van der Waals surface area contributed by atoms with Crippen LogP contribution < -0.4 is 10.2 Å². The van der Waals surface area contributed by atoms with E-state index in [1.807, 2.05) is 67.3 Å². The zero-order valence-corrected chi connectivity index (χ0v) is 21.2. The third-order valence-corrected chi connectivity index (χ3v) is 8.17. The van der Waals surface area contributed by atoms with Crippen LogP contribution in [0.1, 0.15) is 51.0 Å². The van der Waals surface area contributed by atoms with Gasteiger partial charge in [-0.25, -0.2) is 0 Å². The van der Waals surface area contributed by atoms with Gasteiger partial charge in [-0.3, -0.25) is 14.4 Å². The summed E-state index contributed by atoms with van der Waals surface area (Å²) in [6.45, 7) is 5.53. The van der Waals surface area contributed by atoms with Crippen molar-refractivity contribution in [3.8, 4) is 0 Å². The molecule has 0 bridgehead atoms. The van der Waals surface area contributed by atoms with Gasteiger partial charge in [-0.1, -0.05) is 55.5 Å². The first-order valence-corrected chi connectivity index (χ1v) is 13.2. The molecule has 3 amide bonds. The van der Waals surface area contributed by atoms with E-state index in [1.54, 1.807) is 4.90 Å². The smallest absolute Gasteiger partial charge is 0.250 e. The van der Waals surface area contributed by atoms with Crippen LogP contribution in [0.2, 0.25) is 0 Å². The second-order valence-electron chi connectivity index (χ2n) is 10.5. The lowest BCUT2D eigenvalue weighted by atomic mass is 9.85. The van der Waals surface area contributed by atoms with Gasteiger partial charge in [0, 0.05) is 30.7 Å². The molecule has 1 spiro atoms. The van der Waals surface area contributed by atoms with E-state index in [2.05, 4.69) is 22.3 Å². The standard InChI is InChI=1S/C29H36N4O3/c1-3-21(2)30-26(34)19-32-20-33(23-12-8-5-9-13-23)29(28(32)36)14-16-31(17-15-29)27(35)25-18-24(25)22-10-6-4-7-11-22/h4-13,21,24-25H,3,14-20H2,1-2H3,(H,30,34). The van der Waals surface area contributed by atoms with E-state index >= 15 is 0 Å². The fraction of sp³-hybridized carbons (Fsp3) is 0.483. The summed E-state index contributed by atoms with van der Waals surface area (Å²) in [6, 6.07) is 20.3. The molecule has 3 atom stereocenters. The lowest BCUT2D eigenvalue weighted by Crippen LogP contribution is -2.57. The molecule has 1 saturated carbocycles. The van der Waals surface area contributed by atoms with Gasteiger partial charge in [0.15, 0.2) is 0 Å². The molecule has 2 aliphatic heterocycles. The minimum absolute atomic E-state index is 0.00802. The molecule has 3 fully saturated rings. The summed E-state index contributed by atoms with van der Waals surface area (Å²) >= 11 is 0. The third kappa shape index (κ3) is 4.59. The van der Waals surface area contributed by atoms with Gasteiger partial charge in [-0.2, -0.15) is 0 Å². The molecule has 0 radical (unpaired) electrons. The average Bonchev–Trinajstić information content (AvgIpc) is 3.68. The summed E-state index contributed by atoms with van der Waals surface area (Å²) in [5.74, 6) is 0.428. The molecule has 2 saturated heterocycles. The molecule has 5 rings (SSSR count). The highest BCUT2D eigenvalue weighted by atomic mass is 16.2. The highest BCUT2D eigenvalue weighted by Crippen LogP contribution is 2.49. The molecule has 2 aromatic carbocycles. The van der Waals surface area contributed by atoms with Gasteiger partial charge in [0.05, 0.1) is 6.67 Å². The van der Waals surface area contributed by atoms with Crippen molar-refractivity contribution in [2.24, 2.45) is 5.92 Å². The van der Waals surface area contributed by atoms with Gasteiger partial charge in [-0.05, 0) is 56.2 Å². The summed E-state index contributed by atoms with van der Waals surface area (Å²) in [7, 11) is 0. The van der Waals surface area contributed by atoms with Crippen LogP contribution in [0.5, 0.6) is 0 Å². The van der Waals surface area contributed by atoms with Crippen molar-refractivity contribution >= 4 is 23.4 Å². The van der Waals surface area contributed by atoms with Crippen LogP contribution in [0, 0.1) is 5.92 Å². The number of benzene rings is 2. The third-order valence-electron chi connectivity index (χ3n) is 8.17. The van der Waals surface area contributed by atoms with Crippen molar-refractivity contribution in [3.05, 3.63) is 66.2 Å². The number of carbonyl (C=O) groups is 3. The summed E-state index contributed by atoms with van der Waals surface area (Å²) in [5, 5.41) is 2.98. The minimum atomic E-state index is -0.725. The first-order valence-electron chi connectivity index (χ1n) is 13.2. The van der Waals surface area contributed by atoms with Crippen LogP contribution in [0.25, 0.3) is 0 Å². The maximum absolute atomic E-state index is 13.8. The second kappa shape index (κ2) is 9.96. The fourth-order valence-corrected chi connectivity index (χ4v) is 5.79. The molecule has 190 valence electrons. The summed E-state index contributed by atoms with van der Waals surface area (Å²) in [5.41, 5.74) is 1.48. The Hall–Kier alpha value is -3.35. The molecule has 7 nitrogen and oxygen atoms in total. The molecule has 2 heterocycles. The Labute approximate surface area is 213 Å². The Balaban J connectivity index is 1.29. The van der Waals surface area contributed by atoms with Crippen LogP contribution in [-0.2, 0) is 14.4 Å². The number of para-hydroxylation sites is 1. The number of hydrogen-bond donors (Lipinski definition) is 1. The highest BCUT2D eigenvalue weighted by Gasteiger charge is 2.55. The average molecular weight is 489 g/mol. The SMILES string of the molecule is CCC(C)NC(=O)CN1CN(c2ccccc2)C2(CCN(C(=O)C3CC3c3ccccc3)CC2)C1=O. The van der Waals surface area contributed by atoms with Crippen LogP contribution >= 0.6 is 0 Å². The predicted octanol–water partition coefficient (Wildman–Crippen LogP) is 3.37. The molecule has 7 heteroatoms. The highest BCUT2D eigenvalue weighted by molar-refractivity contribution is 5.96. The number of rotatable bonds is 7. The number of nitrogens with one attached hydrogen (secondary N) is 1. The van der Waals surface area contributed by atoms with Gasteiger partial charge in [-0.15, -0.1) is 0 Å². The minimum Gasteiger partial charge on any atom is -0.352 e. The summed E-state index contributed by atoms with van der Waals surface area (Å²) in [6.07, 6.45) is 2.88. The van der Waals surface area contributed by atoms with Crippen molar-refractivity contribution in [1.29, 1.82) is 0 Å². The van der Waals surface area contributed by atoms with E-state index in [0.29, 0.717) is 38.5 Å². The Morgan fingerprint density at radius 3 is 2.31 bits per heavy atom. The number of amides is 3. The van der Waals surface area contributed by atoms with Crippen molar-refractivity contribution in [2.75, 3.05) is 31.2 Å². The summed E-state index contributed by atoms with van der Waals surface area (Å²) < 4.78 is 0. The van der Waals surface area contributed by atoms with E-state index in [1.165, 1.54) is 5.56 Å². The van der Waals surface area contributed by atoms with Crippen molar-refractivity contribution < 1.29 is 14.4 Å². The number of likely N-dealkylation sites (tertiary alicyclic amines) is 1. The number of anilines is 1. The van der Waals surface area contributed by atoms with Gasteiger partial charge in [0.1, 0.15) is 12.1 Å². The van der Waals surface area contributed by atoms with E-state index < -0.39 is 5.54 Å². The molecule has 3 aliphatic rings. The van der Waals surface area contributed by atoms with Crippen LogP contribution in [0.15, 0.2) is 60.7 Å². The van der Waals surface area contributed by atoms with Gasteiger partial charge < -0.3 is 20.0 Å². The largest absolute Gasteiger partial charge is 0.352 e. The predicted molar refractivity (Wildman–Crippen MR) is 139 cm³/mol. The van der Waals surface area contributed by atoms with Gasteiger partial charge in [0.25, 0.3) is 5.91 Å². The zero-order chi connectivity index (χ0) is 25.3. The lowest BCUT2D eigenvalue weighted by molar-refractivity contribution is -0.140. The number of hydrogen-bond acceptors (Lipinski definition) is 4. The lowest BCUT2D eigenvalue weighted by Gasteiger charge is -2.43. The van der Waals surface area contributed by atoms with E-state index in [-0.39, 0.29) is 36.2 Å². The molecular formula is C29H36N4O3. The van der Waals surface area contributed by atoms with Gasteiger partial charge >= 0.3 is 0 Å². The first-order chi connectivity index (χ1) is 17.4. The molecule has 3 unspecified atom stereocenters. The molecule has 2 aromatic rings. The Kier molecular flexibility index (Phi) is 6.73. The summed E-state index contributed by atoms with van der Waals surface area (Å²) in [4.78, 5) is 45.5. The number of carbonyl (C=O) groups excluding carboxylic acids is 3. The quantitative estimate of drug-likeness (QED) is 0.649.